The second-order valence-electron chi connectivity index (χ2n) is 3.63. The predicted molar refractivity (Wildman–Crippen MR) is 60.9 cm³/mol. The van der Waals surface area contributed by atoms with Crippen LogP contribution in [0.4, 0.5) is 0 Å². The first-order chi connectivity index (χ1) is 7.22. The molecule has 1 heterocycles. The highest BCUT2D eigenvalue weighted by molar-refractivity contribution is 7.99. The molecule has 86 valence electrons. The lowest BCUT2D eigenvalue weighted by atomic mass is 10.2. The number of aromatic nitrogens is 3. The van der Waals surface area contributed by atoms with Crippen molar-refractivity contribution < 1.29 is 5.11 Å². The fraction of sp³-hybridized carbons (Fsp3) is 0.778. The molecule has 0 aliphatic heterocycles. The Balaban J connectivity index is 2.17. The van der Waals surface area contributed by atoms with Gasteiger partial charge in [0.1, 0.15) is 6.33 Å². The summed E-state index contributed by atoms with van der Waals surface area (Å²) in [5, 5.41) is 19.8. The quantitative estimate of drug-likeness (QED) is 0.600. The molecule has 1 atom stereocenters. The SMILES string of the molecule is CC(C)NC(CO)CCSc1ncn[nH]1. The lowest BCUT2D eigenvalue weighted by Gasteiger charge is -2.18. The highest BCUT2D eigenvalue weighted by atomic mass is 32.2. The lowest BCUT2D eigenvalue weighted by Crippen LogP contribution is -2.37. The molecule has 0 radical (unpaired) electrons. The van der Waals surface area contributed by atoms with Crippen LogP contribution in [0.2, 0.25) is 0 Å². The average Bonchev–Trinajstić information content (AvgIpc) is 2.68. The first kappa shape index (κ1) is 12.5. The van der Waals surface area contributed by atoms with Gasteiger partial charge in [-0.15, -0.1) is 0 Å². The predicted octanol–water partition coefficient (Wildman–Crippen LogP) is 0.646. The molecule has 5 nitrogen and oxygen atoms in total. The van der Waals surface area contributed by atoms with Crippen LogP contribution in [-0.4, -0.2) is 44.7 Å². The molecule has 3 N–H and O–H groups in total. The molecule has 0 saturated heterocycles. The molecule has 0 aliphatic rings. The molecule has 0 spiro atoms. The minimum Gasteiger partial charge on any atom is -0.395 e. The summed E-state index contributed by atoms with van der Waals surface area (Å²) in [6, 6.07) is 0.567. The normalized spacial score (nSPS) is 13.3. The van der Waals surface area contributed by atoms with E-state index in [2.05, 4.69) is 34.3 Å². The van der Waals surface area contributed by atoms with Crippen LogP contribution in [0.3, 0.4) is 0 Å². The van der Waals surface area contributed by atoms with Crippen LogP contribution in [-0.2, 0) is 0 Å². The van der Waals surface area contributed by atoms with Crippen molar-refractivity contribution in [3.63, 3.8) is 0 Å². The smallest absolute Gasteiger partial charge is 0.183 e. The van der Waals surface area contributed by atoms with E-state index >= 15 is 0 Å². The number of aliphatic hydroxyl groups excluding tert-OH is 1. The number of thioether (sulfide) groups is 1. The minimum absolute atomic E-state index is 0.167. The second kappa shape index (κ2) is 6.81. The standard InChI is InChI=1S/C9H18N4OS/c1-7(2)12-8(5-14)3-4-15-9-10-6-11-13-9/h6-8,12,14H,3-5H2,1-2H3,(H,10,11,13). The van der Waals surface area contributed by atoms with E-state index < -0.39 is 0 Å². The summed E-state index contributed by atoms with van der Waals surface area (Å²) in [4.78, 5) is 4.01. The van der Waals surface area contributed by atoms with E-state index in [1.54, 1.807) is 11.8 Å². The van der Waals surface area contributed by atoms with Crippen LogP contribution in [0.5, 0.6) is 0 Å². The molecular weight excluding hydrogens is 212 g/mol. The van der Waals surface area contributed by atoms with Gasteiger partial charge in [0.2, 0.25) is 0 Å². The molecule has 1 aromatic rings. The summed E-state index contributed by atoms with van der Waals surface area (Å²) in [6.45, 7) is 4.33. The number of aromatic amines is 1. The Kier molecular flexibility index (Phi) is 5.67. The number of hydrogen-bond donors (Lipinski definition) is 3. The van der Waals surface area contributed by atoms with Crippen molar-refractivity contribution in [2.45, 2.75) is 37.5 Å². The highest BCUT2D eigenvalue weighted by Crippen LogP contribution is 2.12. The van der Waals surface area contributed by atoms with E-state index in [1.165, 1.54) is 6.33 Å². The Morgan fingerprint density at radius 3 is 2.93 bits per heavy atom. The highest BCUT2D eigenvalue weighted by Gasteiger charge is 2.08. The first-order valence-electron chi connectivity index (χ1n) is 5.07. The van der Waals surface area contributed by atoms with Gasteiger partial charge in [-0.05, 0) is 6.42 Å². The van der Waals surface area contributed by atoms with Crippen molar-refractivity contribution in [1.29, 1.82) is 0 Å². The number of hydrogen-bond acceptors (Lipinski definition) is 5. The van der Waals surface area contributed by atoms with E-state index in [0.717, 1.165) is 17.3 Å². The summed E-state index contributed by atoms with van der Waals surface area (Å²) in [7, 11) is 0. The average molecular weight is 230 g/mol. The maximum Gasteiger partial charge on any atom is 0.183 e. The zero-order valence-corrected chi connectivity index (χ0v) is 9.92. The summed E-state index contributed by atoms with van der Waals surface area (Å²) < 4.78 is 0. The fourth-order valence-electron chi connectivity index (χ4n) is 1.26. The van der Waals surface area contributed by atoms with Crippen LogP contribution >= 0.6 is 11.8 Å². The third kappa shape index (κ3) is 5.15. The van der Waals surface area contributed by atoms with E-state index in [-0.39, 0.29) is 12.6 Å². The number of nitrogens with one attached hydrogen (secondary N) is 2. The van der Waals surface area contributed by atoms with Gasteiger partial charge < -0.3 is 10.4 Å². The van der Waals surface area contributed by atoms with Gasteiger partial charge in [-0.3, -0.25) is 5.10 Å². The fourth-order valence-corrected chi connectivity index (χ4v) is 2.10. The number of H-pyrrole nitrogens is 1. The Morgan fingerprint density at radius 1 is 1.60 bits per heavy atom. The van der Waals surface area contributed by atoms with E-state index in [1.807, 2.05) is 0 Å². The molecule has 1 unspecified atom stereocenters. The summed E-state index contributed by atoms with van der Waals surface area (Å²) in [5.74, 6) is 0.917. The Labute approximate surface area is 94.1 Å². The third-order valence-corrected chi connectivity index (χ3v) is 2.80. The first-order valence-corrected chi connectivity index (χ1v) is 6.06. The number of rotatable bonds is 7. The minimum atomic E-state index is 0.167. The van der Waals surface area contributed by atoms with E-state index in [4.69, 9.17) is 5.11 Å². The third-order valence-electron chi connectivity index (χ3n) is 1.89. The van der Waals surface area contributed by atoms with E-state index in [0.29, 0.717) is 6.04 Å². The molecule has 0 aromatic carbocycles. The van der Waals surface area contributed by atoms with Gasteiger partial charge in [-0.2, -0.15) is 5.10 Å². The van der Waals surface area contributed by atoms with Crippen molar-refractivity contribution >= 4 is 11.8 Å². The summed E-state index contributed by atoms with van der Waals surface area (Å²) in [5.41, 5.74) is 0. The maximum atomic E-state index is 9.12. The molecule has 15 heavy (non-hydrogen) atoms. The number of aliphatic hydroxyl groups is 1. The molecule has 1 rings (SSSR count). The monoisotopic (exact) mass is 230 g/mol. The van der Waals surface area contributed by atoms with Crippen LogP contribution in [0.25, 0.3) is 0 Å². The molecule has 1 aromatic heterocycles. The zero-order valence-electron chi connectivity index (χ0n) is 9.10. The zero-order chi connectivity index (χ0) is 11.1. The molecule has 0 fully saturated rings. The Hall–Kier alpha value is -0.590. The van der Waals surface area contributed by atoms with Crippen LogP contribution in [0, 0.1) is 0 Å². The Morgan fingerprint density at radius 2 is 2.40 bits per heavy atom. The second-order valence-corrected chi connectivity index (χ2v) is 4.71. The van der Waals surface area contributed by atoms with Gasteiger partial charge in [0.25, 0.3) is 0 Å². The molecule has 0 bridgehead atoms. The van der Waals surface area contributed by atoms with E-state index in [9.17, 15) is 0 Å². The van der Waals surface area contributed by atoms with Crippen LogP contribution in [0.15, 0.2) is 11.5 Å². The van der Waals surface area contributed by atoms with Crippen molar-refractivity contribution in [3.8, 4) is 0 Å². The van der Waals surface area contributed by atoms with Crippen molar-refractivity contribution in [2.24, 2.45) is 0 Å². The molecule has 0 amide bonds. The summed E-state index contributed by atoms with van der Waals surface area (Å²) in [6.07, 6.45) is 2.41. The molecule has 0 aliphatic carbocycles. The van der Waals surface area contributed by atoms with Crippen molar-refractivity contribution in [1.82, 2.24) is 20.5 Å². The van der Waals surface area contributed by atoms with Crippen LogP contribution in [0.1, 0.15) is 20.3 Å². The molecule has 0 saturated carbocycles. The lowest BCUT2D eigenvalue weighted by molar-refractivity contribution is 0.232. The topological polar surface area (TPSA) is 73.8 Å². The molecule has 6 heteroatoms. The van der Waals surface area contributed by atoms with Gasteiger partial charge >= 0.3 is 0 Å². The van der Waals surface area contributed by atoms with Gasteiger partial charge in [0, 0.05) is 17.8 Å². The van der Waals surface area contributed by atoms with Gasteiger partial charge in [-0.25, -0.2) is 4.98 Å². The molecular formula is C9H18N4OS. The Bertz CT molecular complexity index is 253. The van der Waals surface area contributed by atoms with Crippen molar-refractivity contribution in [3.05, 3.63) is 6.33 Å². The number of nitrogens with zero attached hydrogens (tertiary/aromatic N) is 2. The van der Waals surface area contributed by atoms with Gasteiger partial charge in [-0.1, -0.05) is 25.6 Å². The summed E-state index contributed by atoms with van der Waals surface area (Å²) >= 11 is 1.62. The largest absolute Gasteiger partial charge is 0.395 e. The van der Waals surface area contributed by atoms with Gasteiger partial charge in [0.05, 0.1) is 6.61 Å². The van der Waals surface area contributed by atoms with Gasteiger partial charge in [0.15, 0.2) is 5.16 Å². The van der Waals surface area contributed by atoms with Crippen molar-refractivity contribution in [2.75, 3.05) is 12.4 Å². The van der Waals surface area contributed by atoms with Crippen LogP contribution < -0.4 is 5.32 Å². The maximum absolute atomic E-state index is 9.12.